The maximum atomic E-state index is 13.3. The largest absolute Gasteiger partial charge is 0.480 e. The van der Waals surface area contributed by atoms with Crippen molar-refractivity contribution >= 4 is 49.6 Å². The third kappa shape index (κ3) is 3.38. The zero-order valence-electron chi connectivity index (χ0n) is 14.4. The molecule has 0 saturated carbocycles. The molecule has 4 rings (SSSR count). The Bertz CT molecular complexity index is 1210. The number of aromatic amines is 2. The van der Waals surface area contributed by atoms with Crippen LogP contribution in [0.5, 0.6) is 0 Å². The summed E-state index contributed by atoms with van der Waals surface area (Å²) in [6.45, 7) is 0. The predicted octanol–water partition coefficient (Wildman–Crippen LogP) is 3.98. The van der Waals surface area contributed by atoms with Crippen molar-refractivity contribution < 1.29 is 19.1 Å². The molecule has 0 radical (unpaired) electrons. The van der Waals surface area contributed by atoms with Crippen LogP contribution in [0.1, 0.15) is 16.1 Å². The number of carbonyl (C=O) groups is 2. The molecular weight excluding hydrogens is 429 g/mol. The van der Waals surface area contributed by atoms with Gasteiger partial charge in [0.05, 0.1) is 0 Å². The van der Waals surface area contributed by atoms with Crippen LogP contribution in [0, 0.1) is 5.82 Å². The van der Waals surface area contributed by atoms with Crippen molar-refractivity contribution in [2.45, 2.75) is 12.5 Å². The van der Waals surface area contributed by atoms with Crippen LogP contribution in [0.25, 0.3) is 21.8 Å². The first-order valence-electron chi connectivity index (χ1n) is 8.49. The number of carboxylic acid groups (broad SMARTS) is 1. The number of halogens is 2. The summed E-state index contributed by atoms with van der Waals surface area (Å²) in [4.78, 5) is 30.3. The molecule has 0 saturated heterocycles. The Morgan fingerprint density at radius 1 is 1.18 bits per heavy atom. The zero-order chi connectivity index (χ0) is 19.8. The summed E-state index contributed by atoms with van der Waals surface area (Å²) in [5.41, 5.74) is 2.41. The fraction of sp³-hybridized carbons (Fsp3) is 0.100. The van der Waals surface area contributed by atoms with E-state index in [0.29, 0.717) is 10.9 Å². The molecule has 2 heterocycles. The summed E-state index contributed by atoms with van der Waals surface area (Å²) >= 11 is 3.48. The van der Waals surface area contributed by atoms with Crippen LogP contribution < -0.4 is 5.32 Å². The molecule has 1 atom stereocenters. The van der Waals surface area contributed by atoms with E-state index in [1.807, 2.05) is 18.2 Å². The van der Waals surface area contributed by atoms with Crippen LogP contribution in [0.2, 0.25) is 0 Å². The van der Waals surface area contributed by atoms with Gasteiger partial charge in [-0.05, 0) is 42.0 Å². The number of aromatic nitrogens is 2. The van der Waals surface area contributed by atoms with Crippen LogP contribution in [-0.2, 0) is 11.2 Å². The lowest BCUT2D eigenvalue weighted by atomic mass is 10.0. The predicted molar refractivity (Wildman–Crippen MR) is 107 cm³/mol. The summed E-state index contributed by atoms with van der Waals surface area (Å²) in [5.74, 6) is -2.12. The lowest BCUT2D eigenvalue weighted by Crippen LogP contribution is -2.42. The van der Waals surface area contributed by atoms with Crippen molar-refractivity contribution in [3.05, 3.63) is 70.2 Å². The monoisotopic (exact) mass is 443 g/mol. The molecule has 0 aliphatic rings. The summed E-state index contributed by atoms with van der Waals surface area (Å²) in [7, 11) is 0. The Kier molecular flexibility index (Phi) is 4.64. The first-order valence-corrected chi connectivity index (χ1v) is 9.28. The van der Waals surface area contributed by atoms with E-state index in [1.54, 1.807) is 6.20 Å². The second kappa shape index (κ2) is 7.12. The number of nitrogens with one attached hydrogen (secondary N) is 3. The standard InChI is InChI=1S/C20H15BrFN3O3/c21-13-2-1-3-15-18(13)11(9-23-15)8-17(20(27)28)25-19(26)16-7-10-6-12(22)4-5-14(10)24-16/h1-7,9,17,23-24H,8H2,(H,25,26)(H,27,28). The lowest BCUT2D eigenvalue weighted by Gasteiger charge is -2.14. The number of rotatable bonds is 5. The second-order valence-corrected chi connectivity index (χ2v) is 7.31. The van der Waals surface area contributed by atoms with Crippen LogP contribution >= 0.6 is 15.9 Å². The van der Waals surface area contributed by atoms with E-state index in [0.717, 1.165) is 20.9 Å². The van der Waals surface area contributed by atoms with Gasteiger partial charge in [-0.25, -0.2) is 9.18 Å². The maximum absolute atomic E-state index is 13.3. The van der Waals surface area contributed by atoms with Gasteiger partial charge in [0.2, 0.25) is 0 Å². The number of carboxylic acids is 1. The van der Waals surface area contributed by atoms with Crippen LogP contribution in [0.15, 0.2) is 53.1 Å². The zero-order valence-corrected chi connectivity index (χ0v) is 16.0. The van der Waals surface area contributed by atoms with Crippen LogP contribution in [0.3, 0.4) is 0 Å². The molecule has 1 unspecified atom stereocenters. The molecule has 28 heavy (non-hydrogen) atoms. The molecule has 0 bridgehead atoms. The molecule has 6 nitrogen and oxygen atoms in total. The lowest BCUT2D eigenvalue weighted by molar-refractivity contribution is -0.139. The van der Waals surface area contributed by atoms with Crippen molar-refractivity contribution in [3.8, 4) is 0 Å². The van der Waals surface area contributed by atoms with Gasteiger partial charge in [0.1, 0.15) is 17.6 Å². The number of carbonyl (C=O) groups excluding carboxylic acids is 1. The molecule has 0 spiro atoms. The number of aliphatic carboxylic acids is 1. The van der Waals surface area contributed by atoms with E-state index >= 15 is 0 Å². The van der Waals surface area contributed by atoms with Gasteiger partial charge in [-0.3, -0.25) is 4.79 Å². The van der Waals surface area contributed by atoms with Gasteiger partial charge in [0, 0.05) is 38.9 Å². The van der Waals surface area contributed by atoms with Gasteiger partial charge in [-0.15, -0.1) is 0 Å². The molecular formula is C20H15BrFN3O3. The highest BCUT2D eigenvalue weighted by Crippen LogP contribution is 2.28. The molecule has 142 valence electrons. The van der Waals surface area contributed by atoms with Gasteiger partial charge in [0.25, 0.3) is 5.91 Å². The Hall–Kier alpha value is -3.13. The number of H-pyrrole nitrogens is 2. The van der Waals surface area contributed by atoms with Crippen molar-refractivity contribution in [2.75, 3.05) is 0 Å². The normalized spacial score (nSPS) is 12.4. The maximum Gasteiger partial charge on any atom is 0.326 e. The van der Waals surface area contributed by atoms with Crippen molar-refractivity contribution in [1.29, 1.82) is 0 Å². The van der Waals surface area contributed by atoms with Gasteiger partial charge < -0.3 is 20.4 Å². The molecule has 0 aliphatic carbocycles. The minimum atomic E-state index is -1.14. The molecule has 2 aromatic heterocycles. The number of fused-ring (bicyclic) bond motifs is 2. The number of amides is 1. The van der Waals surface area contributed by atoms with Gasteiger partial charge >= 0.3 is 5.97 Å². The Morgan fingerprint density at radius 2 is 2.00 bits per heavy atom. The minimum Gasteiger partial charge on any atom is -0.480 e. The fourth-order valence-electron chi connectivity index (χ4n) is 3.25. The Balaban J connectivity index is 1.59. The van der Waals surface area contributed by atoms with E-state index in [1.165, 1.54) is 24.3 Å². The highest BCUT2D eigenvalue weighted by atomic mass is 79.9. The first kappa shape index (κ1) is 18.2. The highest BCUT2D eigenvalue weighted by Gasteiger charge is 2.24. The SMILES string of the molecule is O=C(NC(Cc1c[nH]c2cccc(Br)c12)C(=O)O)c1cc2cc(F)ccc2[nH]1. The fourth-order valence-corrected chi connectivity index (χ4v) is 3.87. The van der Waals surface area contributed by atoms with Gasteiger partial charge in [-0.2, -0.15) is 0 Å². The quantitative estimate of drug-likeness (QED) is 0.375. The number of benzene rings is 2. The number of hydrogen-bond acceptors (Lipinski definition) is 2. The van der Waals surface area contributed by atoms with Crippen molar-refractivity contribution in [2.24, 2.45) is 0 Å². The summed E-state index contributed by atoms with van der Waals surface area (Å²) in [6, 6.07) is 10.1. The Labute approximate surface area is 166 Å². The van der Waals surface area contributed by atoms with Crippen molar-refractivity contribution in [3.63, 3.8) is 0 Å². The van der Waals surface area contributed by atoms with Crippen LogP contribution in [-0.4, -0.2) is 33.0 Å². The molecule has 8 heteroatoms. The van der Waals surface area contributed by atoms with E-state index in [9.17, 15) is 19.1 Å². The molecule has 4 N–H and O–H groups in total. The molecule has 0 aliphatic heterocycles. The third-order valence-corrected chi connectivity index (χ3v) is 5.25. The van der Waals surface area contributed by atoms with Crippen molar-refractivity contribution in [1.82, 2.24) is 15.3 Å². The van der Waals surface area contributed by atoms with E-state index in [-0.39, 0.29) is 12.1 Å². The average Bonchev–Trinajstić information content (AvgIpc) is 3.25. The van der Waals surface area contributed by atoms with Gasteiger partial charge in [0.15, 0.2) is 0 Å². The minimum absolute atomic E-state index is 0.110. The first-order chi connectivity index (χ1) is 13.4. The number of hydrogen-bond donors (Lipinski definition) is 4. The topological polar surface area (TPSA) is 98.0 Å². The van der Waals surface area contributed by atoms with E-state index in [4.69, 9.17) is 0 Å². The smallest absolute Gasteiger partial charge is 0.326 e. The second-order valence-electron chi connectivity index (χ2n) is 6.46. The Morgan fingerprint density at radius 3 is 2.79 bits per heavy atom. The summed E-state index contributed by atoms with van der Waals surface area (Å²) in [5, 5.41) is 13.5. The molecule has 4 aromatic rings. The average molecular weight is 444 g/mol. The van der Waals surface area contributed by atoms with E-state index in [2.05, 4.69) is 31.2 Å². The van der Waals surface area contributed by atoms with Crippen LogP contribution in [0.4, 0.5) is 4.39 Å². The molecule has 2 aromatic carbocycles. The summed E-state index contributed by atoms with van der Waals surface area (Å²) in [6.07, 6.45) is 1.85. The summed E-state index contributed by atoms with van der Waals surface area (Å²) < 4.78 is 14.2. The van der Waals surface area contributed by atoms with Gasteiger partial charge in [-0.1, -0.05) is 22.0 Å². The highest BCUT2D eigenvalue weighted by molar-refractivity contribution is 9.10. The molecule has 1 amide bonds. The third-order valence-electron chi connectivity index (χ3n) is 4.59. The molecule has 0 fully saturated rings. The van der Waals surface area contributed by atoms with E-state index < -0.39 is 23.7 Å².